The topological polar surface area (TPSA) is 51.8 Å². The molecule has 0 saturated heterocycles. The third-order valence-corrected chi connectivity index (χ3v) is 2.04. The van der Waals surface area contributed by atoms with Gasteiger partial charge in [-0.1, -0.05) is 5.16 Å². The molecule has 4 nitrogen and oxygen atoms in total. The van der Waals surface area contributed by atoms with Crippen molar-refractivity contribution in [3.63, 3.8) is 0 Å². The van der Waals surface area contributed by atoms with Gasteiger partial charge >= 0.3 is 0 Å². The normalized spacial score (nSPS) is 10.6. The Morgan fingerprint density at radius 2 is 2.36 bits per heavy atom. The van der Waals surface area contributed by atoms with Crippen LogP contribution < -0.4 is 0 Å². The van der Waals surface area contributed by atoms with Crippen LogP contribution in [-0.4, -0.2) is 21.4 Å². The molecular formula is C6H5N3OS. The molecule has 0 spiro atoms. The zero-order chi connectivity index (χ0) is 7.68. The second-order valence-corrected chi connectivity index (χ2v) is 2.72. The van der Waals surface area contributed by atoms with Crippen LogP contribution >= 0.6 is 11.8 Å². The number of aromatic nitrogens is 3. The van der Waals surface area contributed by atoms with Crippen molar-refractivity contribution in [1.29, 1.82) is 0 Å². The van der Waals surface area contributed by atoms with Gasteiger partial charge in [0.05, 0.1) is 11.6 Å². The zero-order valence-corrected chi connectivity index (χ0v) is 6.63. The monoisotopic (exact) mass is 167 g/mol. The number of hydrogen-bond acceptors (Lipinski definition) is 5. The summed E-state index contributed by atoms with van der Waals surface area (Å²) in [6.07, 6.45) is 5.05. The summed E-state index contributed by atoms with van der Waals surface area (Å²) in [6, 6.07) is 0. The van der Waals surface area contributed by atoms with Crippen molar-refractivity contribution >= 4 is 22.9 Å². The first kappa shape index (κ1) is 6.60. The van der Waals surface area contributed by atoms with Crippen LogP contribution in [0.3, 0.4) is 0 Å². The van der Waals surface area contributed by atoms with Gasteiger partial charge < -0.3 is 4.52 Å². The molecule has 0 radical (unpaired) electrons. The van der Waals surface area contributed by atoms with Crippen LogP contribution in [0.5, 0.6) is 0 Å². The lowest BCUT2D eigenvalue weighted by Gasteiger charge is -1.91. The van der Waals surface area contributed by atoms with Gasteiger partial charge in [0, 0.05) is 0 Å². The summed E-state index contributed by atoms with van der Waals surface area (Å²) >= 11 is 1.55. The summed E-state index contributed by atoms with van der Waals surface area (Å²) in [6.45, 7) is 0. The number of rotatable bonds is 1. The van der Waals surface area contributed by atoms with Gasteiger partial charge in [-0.3, -0.25) is 0 Å². The van der Waals surface area contributed by atoms with E-state index in [4.69, 9.17) is 4.52 Å². The lowest BCUT2D eigenvalue weighted by Crippen LogP contribution is -1.81. The predicted molar refractivity (Wildman–Crippen MR) is 41.4 cm³/mol. The van der Waals surface area contributed by atoms with Crippen LogP contribution in [0.2, 0.25) is 0 Å². The highest BCUT2D eigenvalue weighted by molar-refractivity contribution is 7.98. The molecule has 2 aromatic rings. The van der Waals surface area contributed by atoms with E-state index in [9.17, 15) is 0 Å². The quantitative estimate of drug-likeness (QED) is 0.474. The number of nitrogens with zero attached hydrogens (tertiary/aromatic N) is 3. The molecule has 5 heteroatoms. The molecule has 0 bridgehead atoms. The Labute approximate surface area is 67.0 Å². The average molecular weight is 167 g/mol. The molecule has 0 aliphatic heterocycles. The largest absolute Gasteiger partial charge is 0.336 e. The van der Waals surface area contributed by atoms with Gasteiger partial charge in [0.15, 0.2) is 0 Å². The Kier molecular flexibility index (Phi) is 1.50. The van der Waals surface area contributed by atoms with Crippen LogP contribution in [0.25, 0.3) is 11.1 Å². The van der Waals surface area contributed by atoms with Gasteiger partial charge in [-0.05, 0) is 6.26 Å². The predicted octanol–water partition coefficient (Wildman–Crippen LogP) is 1.34. The standard InChI is InChI=1S/C6H5N3OS/c1-11-6-4-2-9-10-5(4)7-3-8-6/h2-3H,1H3. The van der Waals surface area contributed by atoms with Crippen molar-refractivity contribution < 1.29 is 4.52 Å². The minimum atomic E-state index is 0.546. The second kappa shape index (κ2) is 2.50. The van der Waals surface area contributed by atoms with E-state index in [0.29, 0.717) is 5.71 Å². The molecule has 2 aromatic heterocycles. The Balaban J connectivity index is 2.79. The molecule has 0 saturated carbocycles. The molecule has 0 aromatic carbocycles. The minimum Gasteiger partial charge on any atom is -0.336 e. The number of thioether (sulfide) groups is 1. The smallest absolute Gasteiger partial charge is 0.261 e. The van der Waals surface area contributed by atoms with Crippen molar-refractivity contribution in [2.75, 3.05) is 6.26 Å². The Hall–Kier alpha value is -1.10. The lowest BCUT2D eigenvalue weighted by atomic mass is 10.5. The fourth-order valence-electron chi connectivity index (χ4n) is 0.839. The molecule has 0 aliphatic rings. The van der Waals surface area contributed by atoms with E-state index in [1.54, 1.807) is 18.0 Å². The van der Waals surface area contributed by atoms with Gasteiger partial charge in [0.2, 0.25) is 0 Å². The van der Waals surface area contributed by atoms with Crippen molar-refractivity contribution in [1.82, 2.24) is 15.1 Å². The first-order chi connectivity index (χ1) is 5.42. The summed E-state index contributed by atoms with van der Waals surface area (Å²) in [4.78, 5) is 7.95. The molecule has 56 valence electrons. The maximum Gasteiger partial charge on any atom is 0.261 e. The SMILES string of the molecule is CSc1ncnc2oncc12. The van der Waals surface area contributed by atoms with Crippen molar-refractivity contribution in [2.24, 2.45) is 0 Å². The third kappa shape index (κ3) is 0.970. The van der Waals surface area contributed by atoms with Crippen LogP contribution in [0.1, 0.15) is 0 Å². The Bertz CT molecular complexity index is 373. The first-order valence-electron chi connectivity index (χ1n) is 3.01. The highest BCUT2D eigenvalue weighted by Gasteiger charge is 2.04. The van der Waals surface area contributed by atoms with Gasteiger partial charge in [0.25, 0.3) is 5.71 Å². The average Bonchev–Trinajstić information content (AvgIpc) is 2.50. The summed E-state index contributed by atoms with van der Waals surface area (Å²) in [7, 11) is 0. The van der Waals surface area contributed by atoms with E-state index < -0.39 is 0 Å². The highest BCUT2D eigenvalue weighted by Crippen LogP contribution is 2.20. The lowest BCUT2D eigenvalue weighted by molar-refractivity contribution is 0.448. The van der Waals surface area contributed by atoms with Crippen LogP contribution in [0, 0.1) is 0 Å². The van der Waals surface area contributed by atoms with Crippen LogP contribution in [0.15, 0.2) is 22.1 Å². The zero-order valence-electron chi connectivity index (χ0n) is 5.81. The van der Waals surface area contributed by atoms with Crippen molar-refractivity contribution in [3.05, 3.63) is 12.5 Å². The fraction of sp³-hybridized carbons (Fsp3) is 0.167. The second-order valence-electron chi connectivity index (χ2n) is 1.93. The minimum absolute atomic E-state index is 0.546. The summed E-state index contributed by atoms with van der Waals surface area (Å²) in [5, 5.41) is 5.39. The molecule has 0 atom stereocenters. The highest BCUT2D eigenvalue weighted by atomic mass is 32.2. The Morgan fingerprint density at radius 1 is 1.45 bits per heavy atom. The molecule has 0 unspecified atom stereocenters. The van der Waals surface area contributed by atoms with Crippen molar-refractivity contribution in [3.8, 4) is 0 Å². The van der Waals surface area contributed by atoms with Gasteiger partial charge in [0.1, 0.15) is 11.4 Å². The van der Waals surface area contributed by atoms with E-state index in [1.807, 2.05) is 6.26 Å². The summed E-state index contributed by atoms with van der Waals surface area (Å²) in [5.74, 6) is 0. The van der Waals surface area contributed by atoms with Crippen LogP contribution in [-0.2, 0) is 0 Å². The van der Waals surface area contributed by atoms with Gasteiger partial charge in [-0.2, -0.15) is 4.98 Å². The molecule has 0 amide bonds. The summed E-state index contributed by atoms with van der Waals surface area (Å²) < 4.78 is 4.85. The third-order valence-electron chi connectivity index (χ3n) is 1.33. The molecule has 11 heavy (non-hydrogen) atoms. The molecule has 2 heterocycles. The van der Waals surface area contributed by atoms with Crippen LogP contribution in [0.4, 0.5) is 0 Å². The molecule has 0 aliphatic carbocycles. The molecular weight excluding hydrogens is 162 g/mol. The maximum absolute atomic E-state index is 4.85. The van der Waals surface area contributed by atoms with Crippen molar-refractivity contribution in [2.45, 2.75) is 5.03 Å². The molecule has 0 N–H and O–H groups in total. The van der Waals surface area contributed by atoms with E-state index in [2.05, 4.69) is 15.1 Å². The summed E-state index contributed by atoms with van der Waals surface area (Å²) in [5.41, 5.74) is 0.546. The van der Waals surface area contributed by atoms with E-state index in [1.165, 1.54) is 6.33 Å². The van der Waals surface area contributed by atoms with E-state index in [-0.39, 0.29) is 0 Å². The number of fused-ring (bicyclic) bond motifs is 1. The Morgan fingerprint density at radius 3 is 3.18 bits per heavy atom. The fourth-order valence-corrected chi connectivity index (χ4v) is 1.35. The number of hydrogen-bond donors (Lipinski definition) is 0. The molecule has 2 rings (SSSR count). The first-order valence-corrected chi connectivity index (χ1v) is 4.23. The molecule has 0 fully saturated rings. The van der Waals surface area contributed by atoms with Gasteiger partial charge in [-0.15, -0.1) is 11.8 Å². The van der Waals surface area contributed by atoms with E-state index in [0.717, 1.165) is 10.4 Å². The van der Waals surface area contributed by atoms with E-state index >= 15 is 0 Å². The van der Waals surface area contributed by atoms with Gasteiger partial charge in [-0.25, -0.2) is 4.98 Å². The maximum atomic E-state index is 4.85.